The zero-order valence-electron chi connectivity index (χ0n) is 18.7. The lowest BCUT2D eigenvalue weighted by molar-refractivity contribution is -0.0500. The van der Waals surface area contributed by atoms with Crippen molar-refractivity contribution in [3.63, 3.8) is 0 Å². The third-order valence-electron chi connectivity index (χ3n) is 4.95. The average Bonchev–Trinajstić information content (AvgIpc) is 3.26. The highest BCUT2D eigenvalue weighted by molar-refractivity contribution is 7.88. The average molecular weight is 520 g/mol. The van der Waals surface area contributed by atoms with Crippen LogP contribution in [0.15, 0.2) is 77.2 Å². The molecule has 4 rings (SSSR count). The number of hydrogen-bond donors (Lipinski definition) is 0. The Morgan fingerprint density at radius 3 is 2.25 bits per heavy atom. The molecule has 36 heavy (non-hydrogen) atoms. The first-order valence-corrected chi connectivity index (χ1v) is 11.9. The van der Waals surface area contributed by atoms with Gasteiger partial charge in [-0.2, -0.15) is 21.6 Å². The van der Waals surface area contributed by atoms with E-state index in [4.69, 9.17) is 13.9 Å². The molecule has 1 heterocycles. The Balaban J connectivity index is 1.58. The van der Waals surface area contributed by atoms with Crippen LogP contribution in [0.3, 0.4) is 0 Å². The summed E-state index contributed by atoms with van der Waals surface area (Å²) < 4.78 is 82.5. The molecule has 0 spiro atoms. The smallest absolute Gasteiger partial charge is 0.489 e. The number of carbonyl (C=O) groups is 1. The lowest BCUT2D eigenvalue weighted by atomic mass is 10.2. The molecule has 1 aromatic heterocycles. The minimum atomic E-state index is -5.93. The molecule has 11 heteroatoms. The molecule has 4 aromatic rings. The van der Waals surface area contributed by atoms with Gasteiger partial charge >= 0.3 is 15.6 Å². The van der Waals surface area contributed by atoms with Gasteiger partial charge in [-0.05, 0) is 29.3 Å². The van der Waals surface area contributed by atoms with E-state index in [1.165, 1.54) is 13.0 Å². The van der Waals surface area contributed by atoms with Crippen LogP contribution in [0.5, 0.6) is 17.2 Å². The minimum Gasteiger partial charge on any atom is -0.489 e. The molecule has 0 radical (unpaired) electrons. The van der Waals surface area contributed by atoms with Crippen molar-refractivity contribution in [2.45, 2.75) is 25.6 Å². The largest absolute Gasteiger partial charge is 0.534 e. The fourth-order valence-electron chi connectivity index (χ4n) is 3.22. The van der Waals surface area contributed by atoms with Gasteiger partial charge in [0.25, 0.3) is 0 Å². The van der Waals surface area contributed by atoms with Crippen molar-refractivity contribution in [2.24, 2.45) is 0 Å². The van der Waals surface area contributed by atoms with Crippen LogP contribution in [0.25, 0.3) is 11.0 Å². The molecule has 0 atom stereocenters. The normalized spacial score (nSPS) is 11.9. The number of halogens is 3. The zero-order valence-corrected chi connectivity index (χ0v) is 19.6. The van der Waals surface area contributed by atoms with Gasteiger partial charge in [0, 0.05) is 19.1 Å². The summed E-state index contributed by atoms with van der Waals surface area (Å²) in [5, 5.41) is 0.258. The number of Topliss-reactive ketones (excluding diaryl/α,β-unsaturated/α-hetero) is 1. The van der Waals surface area contributed by atoms with Crippen LogP contribution in [0.4, 0.5) is 13.2 Å². The standard InChI is InChI=1S/C25H19F3O7S/c1-16(29)22-13-21-23(11-20(12-24(21)34-22)35-36(30,31)25(26,27)28)33-15-18-8-5-9-19(10-18)32-14-17-6-3-2-4-7-17/h2-13H,14-15H2,1H3. The van der Waals surface area contributed by atoms with Crippen LogP contribution in [-0.2, 0) is 23.3 Å². The molecule has 0 fully saturated rings. The van der Waals surface area contributed by atoms with E-state index < -0.39 is 27.2 Å². The van der Waals surface area contributed by atoms with Gasteiger partial charge in [0.15, 0.2) is 11.5 Å². The van der Waals surface area contributed by atoms with Crippen molar-refractivity contribution in [1.82, 2.24) is 0 Å². The molecule has 0 amide bonds. The Morgan fingerprint density at radius 2 is 1.56 bits per heavy atom. The minimum absolute atomic E-state index is 0.0354. The maximum atomic E-state index is 12.8. The molecule has 0 aliphatic rings. The van der Waals surface area contributed by atoms with Crippen molar-refractivity contribution >= 4 is 26.9 Å². The maximum absolute atomic E-state index is 12.8. The summed E-state index contributed by atoms with van der Waals surface area (Å²) in [7, 11) is -5.93. The first kappa shape index (κ1) is 25.1. The Kier molecular flexibility index (Phi) is 6.93. The Labute approximate surface area is 204 Å². The van der Waals surface area contributed by atoms with Crippen molar-refractivity contribution in [2.75, 3.05) is 0 Å². The molecule has 0 saturated heterocycles. The lowest BCUT2D eigenvalue weighted by Crippen LogP contribution is -2.28. The monoisotopic (exact) mass is 520 g/mol. The SMILES string of the molecule is CC(=O)c1cc2c(OCc3cccc(OCc4ccccc4)c3)cc(OS(=O)(=O)C(F)(F)F)cc2o1. The fraction of sp³-hybridized carbons (Fsp3) is 0.160. The molecule has 0 aliphatic carbocycles. The Bertz CT molecular complexity index is 1490. The summed E-state index contributed by atoms with van der Waals surface area (Å²) in [5.74, 6) is -0.667. The first-order valence-electron chi connectivity index (χ1n) is 10.5. The summed E-state index contributed by atoms with van der Waals surface area (Å²) in [5.41, 5.74) is -4.06. The fourth-order valence-corrected chi connectivity index (χ4v) is 3.67. The van der Waals surface area contributed by atoms with Gasteiger partial charge in [-0.15, -0.1) is 0 Å². The van der Waals surface area contributed by atoms with Crippen LogP contribution in [0, 0.1) is 0 Å². The number of furan rings is 1. The molecular weight excluding hydrogens is 501 g/mol. The number of ether oxygens (including phenoxy) is 2. The molecule has 0 unspecified atom stereocenters. The molecular formula is C25H19F3O7S. The van der Waals surface area contributed by atoms with Crippen LogP contribution < -0.4 is 13.7 Å². The second-order valence-electron chi connectivity index (χ2n) is 7.69. The maximum Gasteiger partial charge on any atom is 0.534 e. The van der Waals surface area contributed by atoms with Crippen LogP contribution >= 0.6 is 0 Å². The van der Waals surface area contributed by atoms with Crippen molar-refractivity contribution < 1.29 is 44.5 Å². The van der Waals surface area contributed by atoms with Gasteiger partial charge in [-0.25, -0.2) is 0 Å². The predicted molar refractivity (Wildman–Crippen MR) is 123 cm³/mol. The van der Waals surface area contributed by atoms with E-state index in [0.717, 1.165) is 17.7 Å². The first-order chi connectivity index (χ1) is 17.0. The highest BCUT2D eigenvalue weighted by atomic mass is 32.2. The topological polar surface area (TPSA) is 92.0 Å². The molecule has 7 nitrogen and oxygen atoms in total. The van der Waals surface area contributed by atoms with E-state index in [-0.39, 0.29) is 29.1 Å². The number of alkyl halides is 3. The molecule has 3 aromatic carbocycles. The highest BCUT2D eigenvalue weighted by Gasteiger charge is 2.48. The van der Waals surface area contributed by atoms with Gasteiger partial charge < -0.3 is 18.1 Å². The van der Waals surface area contributed by atoms with Gasteiger partial charge in [-0.3, -0.25) is 4.79 Å². The third kappa shape index (κ3) is 5.80. The van der Waals surface area contributed by atoms with Gasteiger partial charge in [0.2, 0.25) is 0 Å². The molecule has 0 N–H and O–H groups in total. The summed E-state index contributed by atoms with van der Waals surface area (Å²) in [4.78, 5) is 11.7. The number of rotatable bonds is 9. The predicted octanol–water partition coefficient (Wildman–Crippen LogP) is 6.02. The molecule has 0 bridgehead atoms. The molecule has 0 saturated carbocycles. The summed E-state index contributed by atoms with van der Waals surface area (Å²) >= 11 is 0. The number of carbonyl (C=O) groups excluding carboxylic acids is 1. The van der Waals surface area contributed by atoms with Gasteiger partial charge in [-0.1, -0.05) is 42.5 Å². The third-order valence-corrected chi connectivity index (χ3v) is 5.93. The summed E-state index contributed by atoms with van der Waals surface area (Å²) in [6, 6.07) is 19.8. The van der Waals surface area contributed by atoms with Crippen LogP contribution in [0.1, 0.15) is 28.6 Å². The quantitative estimate of drug-likeness (QED) is 0.151. The Hall–Kier alpha value is -3.99. The van der Waals surface area contributed by atoms with E-state index in [9.17, 15) is 26.4 Å². The van der Waals surface area contributed by atoms with Gasteiger partial charge in [0.1, 0.15) is 36.0 Å². The van der Waals surface area contributed by atoms with E-state index in [2.05, 4.69) is 4.18 Å². The summed E-state index contributed by atoms with van der Waals surface area (Å²) in [6.07, 6.45) is 0. The molecule has 188 valence electrons. The zero-order chi connectivity index (χ0) is 25.9. The summed E-state index contributed by atoms with van der Waals surface area (Å²) in [6.45, 7) is 1.54. The number of benzene rings is 3. The van der Waals surface area contributed by atoms with E-state index in [1.807, 2.05) is 30.3 Å². The van der Waals surface area contributed by atoms with Crippen molar-refractivity contribution in [3.05, 3.63) is 89.7 Å². The van der Waals surface area contributed by atoms with Gasteiger partial charge in [0.05, 0.1) is 5.39 Å². The van der Waals surface area contributed by atoms with E-state index in [1.54, 1.807) is 24.3 Å². The second kappa shape index (κ2) is 9.94. The Morgan fingerprint density at radius 1 is 0.861 bits per heavy atom. The van der Waals surface area contributed by atoms with Crippen molar-refractivity contribution in [3.8, 4) is 17.2 Å². The van der Waals surface area contributed by atoms with Crippen molar-refractivity contribution in [1.29, 1.82) is 0 Å². The second-order valence-corrected chi connectivity index (χ2v) is 9.23. The highest BCUT2D eigenvalue weighted by Crippen LogP contribution is 2.36. The van der Waals surface area contributed by atoms with E-state index >= 15 is 0 Å². The number of hydrogen-bond acceptors (Lipinski definition) is 7. The number of fused-ring (bicyclic) bond motifs is 1. The van der Waals surface area contributed by atoms with Crippen LogP contribution in [-0.4, -0.2) is 19.7 Å². The number of ketones is 1. The van der Waals surface area contributed by atoms with E-state index in [0.29, 0.717) is 17.9 Å². The van der Waals surface area contributed by atoms with Crippen LogP contribution in [0.2, 0.25) is 0 Å². The lowest BCUT2D eigenvalue weighted by Gasteiger charge is -2.13. The molecule has 0 aliphatic heterocycles.